The number of amides is 1. The molecule has 0 saturated carbocycles. The van der Waals surface area contributed by atoms with Gasteiger partial charge in [0.15, 0.2) is 5.13 Å². The van der Waals surface area contributed by atoms with Gasteiger partial charge in [0, 0.05) is 23.5 Å². The molecule has 0 aliphatic carbocycles. The van der Waals surface area contributed by atoms with E-state index in [1.807, 2.05) is 30.3 Å². The maximum absolute atomic E-state index is 12.9. The van der Waals surface area contributed by atoms with Crippen LogP contribution in [0, 0.1) is 11.3 Å². The first kappa shape index (κ1) is 17.6. The van der Waals surface area contributed by atoms with Gasteiger partial charge in [-0.15, -0.1) is 0 Å². The minimum atomic E-state index is -0.289. The Labute approximate surface area is 165 Å². The van der Waals surface area contributed by atoms with Crippen molar-refractivity contribution in [1.29, 1.82) is 5.26 Å². The predicted molar refractivity (Wildman–Crippen MR) is 109 cm³/mol. The van der Waals surface area contributed by atoms with Crippen LogP contribution in [0.2, 0.25) is 0 Å². The number of pyridine rings is 1. The standard InChI is InChI=1S/C21H14N4O2S/c1-27-18-5-3-2-4-14(18)16-12-23-9-8-15(16)20(26)25-21-24-17-10-13(11-22)6-7-19(17)28-21/h2-10,12H,1H3,(H,24,25,26). The Morgan fingerprint density at radius 3 is 2.86 bits per heavy atom. The summed E-state index contributed by atoms with van der Waals surface area (Å²) >= 11 is 1.36. The summed E-state index contributed by atoms with van der Waals surface area (Å²) in [6.07, 6.45) is 3.22. The number of fused-ring (bicyclic) bond motifs is 1. The summed E-state index contributed by atoms with van der Waals surface area (Å²) in [6, 6.07) is 16.5. The number of thiazole rings is 1. The summed E-state index contributed by atoms with van der Waals surface area (Å²) in [7, 11) is 1.59. The number of hydrogen-bond acceptors (Lipinski definition) is 6. The van der Waals surface area contributed by atoms with E-state index in [-0.39, 0.29) is 5.91 Å². The van der Waals surface area contributed by atoms with Crippen LogP contribution in [0.5, 0.6) is 5.75 Å². The zero-order chi connectivity index (χ0) is 19.5. The van der Waals surface area contributed by atoms with Crippen molar-refractivity contribution in [3.8, 4) is 22.9 Å². The highest BCUT2D eigenvalue weighted by molar-refractivity contribution is 7.22. The lowest BCUT2D eigenvalue weighted by Crippen LogP contribution is -2.13. The number of carbonyl (C=O) groups is 1. The number of nitrogens with one attached hydrogen (secondary N) is 1. The van der Waals surface area contributed by atoms with Crippen molar-refractivity contribution in [3.63, 3.8) is 0 Å². The van der Waals surface area contributed by atoms with E-state index in [0.717, 1.165) is 10.3 Å². The van der Waals surface area contributed by atoms with Crippen LogP contribution in [0.1, 0.15) is 15.9 Å². The molecule has 0 aliphatic heterocycles. The quantitative estimate of drug-likeness (QED) is 0.558. The number of nitrogens with zero attached hydrogens (tertiary/aromatic N) is 3. The molecule has 0 bridgehead atoms. The molecular weight excluding hydrogens is 372 g/mol. The second kappa shape index (κ2) is 7.47. The third-order valence-electron chi connectivity index (χ3n) is 4.20. The highest BCUT2D eigenvalue weighted by Crippen LogP contribution is 2.32. The fourth-order valence-electron chi connectivity index (χ4n) is 2.89. The van der Waals surface area contributed by atoms with Gasteiger partial charge < -0.3 is 4.74 Å². The van der Waals surface area contributed by atoms with E-state index >= 15 is 0 Å². The van der Waals surface area contributed by atoms with Gasteiger partial charge in [0.2, 0.25) is 0 Å². The summed E-state index contributed by atoms with van der Waals surface area (Å²) < 4.78 is 6.32. The van der Waals surface area contributed by atoms with Gasteiger partial charge in [-0.2, -0.15) is 5.26 Å². The molecule has 28 heavy (non-hydrogen) atoms. The molecule has 2 aromatic heterocycles. The highest BCUT2D eigenvalue weighted by Gasteiger charge is 2.17. The Balaban J connectivity index is 1.69. The molecule has 0 radical (unpaired) electrons. The van der Waals surface area contributed by atoms with E-state index in [0.29, 0.717) is 33.1 Å². The molecule has 4 aromatic rings. The van der Waals surface area contributed by atoms with Gasteiger partial charge in [0.05, 0.1) is 34.5 Å². The number of methoxy groups -OCH3 is 1. The molecule has 136 valence electrons. The first-order valence-electron chi connectivity index (χ1n) is 8.39. The molecule has 0 unspecified atom stereocenters. The average molecular weight is 386 g/mol. The zero-order valence-corrected chi connectivity index (χ0v) is 15.7. The lowest BCUT2D eigenvalue weighted by atomic mass is 10.0. The number of hydrogen-bond donors (Lipinski definition) is 1. The van der Waals surface area contributed by atoms with E-state index < -0.39 is 0 Å². The van der Waals surface area contributed by atoms with Gasteiger partial charge in [0.25, 0.3) is 5.91 Å². The van der Waals surface area contributed by atoms with Gasteiger partial charge >= 0.3 is 0 Å². The Kier molecular flexibility index (Phi) is 4.70. The van der Waals surface area contributed by atoms with Crippen LogP contribution in [-0.2, 0) is 0 Å². The largest absolute Gasteiger partial charge is 0.496 e. The number of para-hydroxylation sites is 1. The third-order valence-corrected chi connectivity index (χ3v) is 5.15. The highest BCUT2D eigenvalue weighted by atomic mass is 32.1. The van der Waals surface area contributed by atoms with Crippen molar-refractivity contribution in [2.45, 2.75) is 0 Å². The van der Waals surface area contributed by atoms with Crippen LogP contribution in [0.15, 0.2) is 60.9 Å². The maximum Gasteiger partial charge on any atom is 0.258 e. The van der Waals surface area contributed by atoms with Crippen molar-refractivity contribution in [3.05, 3.63) is 72.1 Å². The van der Waals surface area contributed by atoms with Gasteiger partial charge in [-0.25, -0.2) is 4.98 Å². The first-order valence-corrected chi connectivity index (χ1v) is 9.20. The summed E-state index contributed by atoms with van der Waals surface area (Å²) in [6.45, 7) is 0. The maximum atomic E-state index is 12.9. The van der Waals surface area contributed by atoms with E-state index in [4.69, 9.17) is 10.00 Å². The van der Waals surface area contributed by atoms with Crippen molar-refractivity contribution < 1.29 is 9.53 Å². The number of anilines is 1. The molecule has 0 fully saturated rings. The topological polar surface area (TPSA) is 87.9 Å². The third kappa shape index (κ3) is 3.29. The van der Waals surface area contributed by atoms with E-state index in [9.17, 15) is 4.79 Å². The van der Waals surface area contributed by atoms with Crippen LogP contribution < -0.4 is 10.1 Å². The van der Waals surface area contributed by atoms with Crippen LogP contribution in [0.4, 0.5) is 5.13 Å². The number of ether oxygens (including phenoxy) is 1. The van der Waals surface area contributed by atoms with Crippen molar-refractivity contribution >= 4 is 32.6 Å². The molecule has 1 amide bonds. The monoisotopic (exact) mass is 386 g/mol. The number of rotatable bonds is 4. The summed E-state index contributed by atoms with van der Waals surface area (Å²) in [4.78, 5) is 21.5. The Hall–Kier alpha value is -3.76. The van der Waals surface area contributed by atoms with Gasteiger partial charge in [-0.1, -0.05) is 29.5 Å². The molecule has 7 heteroatoms. The molecule has 0 spiro atoms. The zero-order valence-electron chi connectivity index (χ0n) is 14.8. The number of nitriles is 1. The van der Waals surface area contributed by atoms with E-state index in [2.05, 4.69) is 21.4 Å². The van der Waals surface area contributed by atoms with Crippen LogP contribution >= 0.6 is 11.3 Å². The Bertz CT molecular complexity index is 1230. The second-order valence-electron chi connectivity index (χ2n) is 5.89. The predicted octanol–water partition coefficient (Wildman–Crippen LogP) is 4.49. The minimum Gasteiger partial charge on any atom is -0.496 e. The molecule has 0 atom stereocenters. The smallest absolute Gasteiger partial charge is 0.258 e. The van der Waals surface area contributed by atoms with Crippen molar-refractivity contribution in [2.75, 3.05) is 12.4 Å². The number of aromatic nitrogens is 2. The summed E-state index contributed by atoms with van der Waals surface area (Å²) in [5.74, 6) is 0.372. The molecular formula is C21H14N4O2S. The Morgan fingerprint density at radius 1 is 1.18 bits per heavy atom. The van der Waals surface area contributed by atoms with Crippen molar-refractivity contribution in [2.24, 2.45) is 0 Å². The molecule has 6 nitrogen and oxygen atoms in total. The van der Waals surface area contributed by atoms with E-state index in [1.54, 1.807) is 37.7 Å². The van der Waals surface area contributed by atoms with Gasteiger partial charge in [-0.3, -0.25) is 15.1 Å². The lowest BCUT2D eigenvalue weighted by Gasteiger charge is -2.12. The van der Waals surface area contributed by atoms with Crippen LogP contribution in [0.3, 0.4) is 0 Å². The van der Waals surface area contributed by atoms with Gasteiger partial charge in [0.1, 0.15) is 5.75 Å². The lowest BCUT2D eigenvalue weighted by molar-refractivity contribution is 0.102. The fraction of sp³-hybridized carbons (Fsp3) is 0.0476. The summed E-state index contributed by atoms with van der Waals surface area (Å²) in [5, 5.41) is 12.3. The fourth-order valence-corrected chi connectivity index (χ4v) is 3.73. The number of benzene rings is 2. The van der Waals surface area contributed by atoms with Gasteiger partial charge in [-0.05, 0) is 30.3 Å². The molecule has 2 heterocycles. The molecule has 1 N–H and O–H groups in total. The summed E-state index contributed by atoms with van der Waals surface area (Å²) in [5.41, 5.74) is 3.13. The van der Waals surface area contributed by atoms with Crippen LogP contribution in [-0.4, -0.2) is 23.0 Å². The molecule has 0 saturated heterocycles. The van der Waals surface area contributed by atoms with Crippen molar-refractivity contribution in [1.82, 2.24) is 9.97 Å². The molecule has 4 rings (SSSR count). The van der Waals surface area contributed by atoms with Crippen LogP contribution in [0.25, 0.3) is 21.3 Å². The first-order chi connectivity index (χ1) is 13.7. The average Bonchev–Trinajstić information content (AvgIpc) is 3.14. The minimum absolute atomic E-state index is 0.289. The number of carbonyl (C=O) groups excluding carboxylic acids is 1. The molecule has 0 aliphatic rings. The normalized spacial score (nSPS) is 10.4. The SMILES string of the molecule is COc1ccccc1-c1cnccc1C(=O)Nc1nc2cc(C#N)ccc2s1. The second-order valence-corrected chi connectivity index (χ2v) is 6.92. The molecule has 2 aromatic carbocycles. The Morgan fingerprint density at radius 2 is 2.04 bits per heavy atom. The van der Waals surface area contributed by atoms with E-state index in [1.165, 1.54) is 11.3 Å².